The Kier molecular flexibility index (Phi) is 4.04. The fourth-order valence-corrected chi connectivity index (χ4v) is 2.68. The third kappa shape index (κ3) is 2.55. The van der Waals surface area contributed by atoms with Gasteiger partial charge in [-0.3, -0.25) is 0 Å². The number of aliphatic hydroxyl groups is 4. The molecule has 1 rings (SSSR count). The molecule has 0 radical (unpaired) electrons. The van der Waals surface area contributed by atoms with E-state index in [1.807, 2.05) is 13.8 Å². The van der Waals surface area contributed by atoms with Crippen LogP contribution in [0.3, 0.4) is 0 Å². The molecule has 0 spiro atoms. The van der Waals surface area contributed by atoms with Gasteiger partial charge in [-0.25, -0.2) is 0 Å². The van der Waals surface area contributed by atoms with Gasteiger partial charge in [0.05, 0.1) is 23.9 Å². The highest BCUT2D eigenvalue weighted by atomic mass is 16.3. The third-order valence-corrected chi connectivity index (χ3v) is 4.03. The first kappa shape index (κ1) is 14.6. The molecular formula is C13H24O4. The van der Waals surface area contributed by atoms with Gasteiger partial charge in [-0.15, -0.1) is 0 Å². The Morgan fingerprint density at radius 3 is 2.29 bits per heavy atom. The summed E-state index contributed by atoms with van der Waals surface area (Å²) < 4.78 is 0. The maximum atomic E-state index is 10.7. The van der Waals surface area contributed by atoms with Gasteiger partial charge in [0.15, 0.2) is 0 Å². The van der Waals surface area contributed by atoms with Crippen molar-refractivity contribution >= 4 is 0 Å². The van der Waals surface area contributed by atoms with Gasteiger partial charge in [0, 0.05) is 11.3 Å². The highest BCUT2D eigenvalue weighted by Gasteiger charge is 2.54. The third-order valence-electron chi connectivity index (χ3n) is 4.03. The molecule has 1 unspecified atom stereocenters. The molecule has 0 aromatic carbocycles. The monoisotopic (exact) mass is 244 g/mol. The van der Waals surface area contributed by atoms with Crippen LogP contribution in [0, 0.1) is 11.3 Å². The van der Waals surface area contributed by atoms with Gasteiger partial charge in [-0.1, -0.05) is 32.9 Å². The second-order valence-electron chi connectivity index (χ2n) is 5.86. The Labute approximate surface area is 103 Å². The topological polar surface area (TPSA) is 80.9 Å². The van der Waals surface area contributed by atoms with Crippen LogP contribution < -0.4 is 0 Å². The average Bonchev–Trinajstić information content (AvgIpc) is 2.21. The van der Waals surface area contributed by atoms with Crippen LogP contribution in [0.15, 0.2) is 12.2 Å². The van der Waals surface area contributed by atoms with Crippen molar-refractivity contribution < 1.29 is 20.4 Å². The molecule has 100 valence electrons. The Morgan fingerprint density at radius 1 is 1.29 bits per heavy atom. The van der Waals surface area contributed by atoms with Crippen LogP contribution in [0.4, 0.5) is 0 Å². The molecule has 0 aromatic heterocycles. The maximum absolute atomic E-state index is 10.7. The van der Waals surface area contributed by atoms with Crippen LogP contribution in [0.2, 0.25) is 0 Å². The van der Waals surface area contributed by atoms with E-state index in [1.165, 1.54) is 6.08 Å². The van der Waals surface area contributed by atoms with Crippen molar-refractivity contribution in [3.63, 3.8) is 0 Å². The summed E-state index contributed by atoms with van der Waals surface area (Å²) in [5.74, 6) is -0.490. The molecule has 4 nitrogen and oxygen atoms in total. The highest BCUT2D eigenvalue weighted by Crippen LogP contribution is 2.48. The van der Waals surface area contributed by atoms with Gasteiger partial charge in [-0.2, -0.15) is 0 Å². The van der Waals surface area contributed by atoms with Crippen molar-refractivity contribution in [3.8, 4) is 0 Å². The molecule has 0 heterocycles. The molecule has 4 N–H and O–H groups in total. The van der Waals surface area contributed by atoms with E-state index in [2.05, 4.69) is 0 Å². The summed E-state index contributed by atoms with van der Waals surface area (Å²) in [4.78, 5) is 0. The van der Waals surface area contributed by atoms with Gasteiger partial charge < -0.3 is 20.4 Å². The Balaban J connectivity index is 3.08. The van der Waals surface area contributed by atoms with Crippen LogP contribution in [-0.4, -0.2) is 44.3 Å². The van der Waals surface area contributed by atoms with E-state index >= 15 is 0 Å². The summed E-state index contributed by atoms with van der Waals surface area (Å²) >= 11 is 0. The SMILES string of the molecule is CC(O)/C=C/[C@@]1(O)[C@H](C)[C@H](O)[C@@H](O)CC1(C)C. The first-order chi connectivity index (χ1) is 7.62. The van der Waals surface area contributed by atoms with Crippen LogP contribution >= 0.6 is 0 Å². The lowest BCUT2D eigenvalue weighted by Crippen LogP contribution is -2.60. The molecule has 1 fully saturated rings. The molecule has 1 saturated carbocycles. The van der Waals surface area contributed by atoms with Gasteiger partial charge in [-0.05, 0) is 13.3 Å². The van der Waals surface area contributed by atoms with Crippen molar-refractivity contribution in [2.75, 3.05) is 0 Å². The van der Waals surface area contributed by atoms with Gasteiger partial charge in [0.2, 0.25) is 0 Å². The molecule has 0 amide bonds. The van der Waals surface area contributed by atoms with Gasteiger partial charge in [0.1, 0.15) is 0 Å². The lowest BCUT2D eigenvalue weighted by Gasteiger charge is -2.52. The predicted octanol–water partition coefficient (Wildman–Crippen LogP) is 0.442. The summed E-state index contributed by atoms with van der Waals surface area (Å²) in [5.41, 5.74) is -1.79. The van der Waals surface area contributed by atoms with Gasteiger partial charge in [0.25, 0.3) is 0 Å². The van der Waals surface area contributed by atoms with E-state index < -0.39 is 35.2 Å². The minimum atomic E-state index is -1.23. The standard InChI is InChI=1S/C13H24O4/c1-8(14)5-6-13(17)9(2)11(16)10(15)7-12(13,3)4/h5-6,8-11,14-17H,7H2,1-4H3/b6-5+/t8?,9-,10+,11+,13-/m1/s1. The Bertz CT molecular complexity index is 298. The second kappa shape index (κ2) is 4.69. The van der Waals surface area contributed by atoms with Crippen molar-refractivity contribution in [2.24, 2.45) is 11.3 Å². The molecule has 0 saturated heterocycles. The summed E-state index contributed by atoms with van der Waals surface area (Å²) in [7, 11) is 0. The van der Waals surface area contributed by atoms with Crippen molar-refractivity contribution in [2.45, 2.75) is 58.0 Å². The average molecular weight is 244 g/mol. The smallest absolute Gasteiger partial charge is 0.0931 e. The Morgan fingerprint density at radius 2 is 1.82 bits per heavy atom. The summed E-state index contributed by atoms with van der Waals surface area (Å²) in [6.45, 7) is 7.02. The molecule has 0 bridgehead atoms. The maximum Gasteiger partial charge on any atom is 0.0931 e. The van der Waals surface area contributed by atoms with Crippen molar-refractivity contribution in [1.29, 1.82) is 0 Å². The summed E-state index contributed by atoms with van der Waals surface area (Å²) in [5, 5.41) is 39.6. The van der Waals surface area contributed by atoms with Crippen LogP contribution in [0.25, 0.3) is 0 Å². The lowest BCUT2D eigenvalue weighted by molar-refractivity contribution is -0.182. The summed E-state index contributed by atoms with van der Waals surface area (Å²) in [6, 6.07) is 0. The lowest BCUT2D eigenvalue weighted by atomic mass is 9.58. The van der Waals surface area contributed by atoms with E-state index in [0.717, 1.165) is 0 Å². The summed E-state index contributed by atoms with van der Waals surface area (Å²) in [6.07, 6.45) is 0.970. The fraction of sp³-hybridized carbons (Fsp3) is 0.846. The van der Waals surface area contributed by atoms with Crippen LogP contribution in [0.1, 0.15) is 34.1 Å². The largest absolute Gasteiger partial charge is 0.390 e. The molecule has 5 atom stereocenters. The van der Waals surface area contributed by atoms with E-state index in [4.69, 9.17) is 0 Å². The zero-order valence-electron chi connectivity index (χ0n) is 11.0. The molecule has 0 aliphatic heterocycles. The second-order valence-corrected chi connectivity index (χ2v) is 5.86. The van der Waals surface area contributed by atoms with Crippen LogP contribution in [0.5, 0.6) is 0 Å². The molecule has 1 aliphatic carbocycles. The molecular weight excluding hydrogens is 220 g/mol. The zero-order valence-corrected chi connectivity index (χ0v) is 11.0. The van der Waals surface area contributed by atoms with E-state index in [0.29, 0.717) is 6.42 Å². The van der Waals surface area contributed by atoms with E-state index in [1.54, 1.807) is 19.9 Å². The number of rotatable bonds is 2. The first-order valence-electron chi connectivity index (χ1n) is 6.08. The normalized spacial score (nSPS) is 43.9. The minimum absolute atomic E-state index is 0.319. The van der Waals surface area contributed by atoms with Crippen LogP contribution in [-0.2, 0) is 0 Å². The van der Waals surface area contributed by atoms with E-state index in [9.17, 15) is 20.4 Å². The molecule has 1 aliphatic rings. The molecule has 0 aromatic rings. The number of hydrogen-bond acceptors (Lipinski definition) is 4. The highest BCUT2D eigenvalue weighted by molar-refractivity contribution is 5.17. The van der Waals surface area contributed by atoms with Gasteiger partial charge >= 0.3 is 0 Å². The molecule has 17 heavy (non-hydrogen) atoms. The Hall–Kier alpha value is -0.420. The fourth-order valence-electron chi connectivity index (χ4n) is 2.68. The minimum Gasteiger partial charge on any atom is -0.390 e. The molecule has 4 heteroatoms. The van der Waals surface area contributed by atoms with Crippen molar-refractivity contribution in [1.82, 2.24) is 0 Å². The first-order valence-corrected chi connectivity index (χ1v) is 6.08. The quantitative estimate of drug-likeness (QED) is 0.531. The van der Waals surface area contributed by atoms with Crippen molar-refractivity contribution in [3.05, 3.63) is 12.2 Å². The predicted molar refractivity (Wildman–Crippen MR) is 65.3 cm³/mol. The number of aliphatic hydroxyl groups excluding tert-OH is 3. The van der Waals surface area contributed by atoms with E-state index in [-0.39, 0.29) is 0 Å². The number of hydrogen-bond donors (Lipinski definition) is 4. The zero-order chi connectivity index (χ0) is 13.4.